The van der Waals surface area contributed by atoms with Crippen molar-refractivity contribution in [3.05, 3.63) is 47.0 Å². The van der Waals surface area contributed by atoms with Crippen LogP contribution < -0.4 is 14.8 Å². The van der Waals surface area contributed by atoms with E-state index in [2.05, 4.69) is 10.0 Å². The third-order valence-corrected chi connectivity index (χ3v) is 7.87. The Kier molecular flexibility index (Phi) is 6.48. The average Bonchev–Trinajstić information content (AvgIpc) is 3.47. The maximum Gasteiger partial charge on any atom is 0.238 e. The lowest BCUT2D eigenvalue weighted by Gasteiger charge is -2.25. The number of hydrogen-bond acceptors (Lipinski definition) is 5. The number of hydrogen-bond donors (Lipinski definition) is 3. The molecule has 0 spiro atoms. The highest BCUT2D eigenvalue weighted by atomic mass is 32.2. The van der Waals surface area contributed by atoms with Crippen LogP contribution in [-0.4, -0.2) is 32.0 Å². The topological polar surface area (TPSA) is 87.7 Å². The molecule has 0 radical (unpaired) electrons. The molecule has 2 aromatic rings. The van der Waals surface area contributed by atoms with E-state index in [-0.39, 0.29) is 47.3 Å². The van der Waals surface area contributed by atoms with Gasteiger partial charge in [0.05, 0.1) is 23.2 Å². The van der Waals surface area contributed by atoms with Crippen molar-refractivity contribution in [2.24, 2.45) is 0 Å². The normalized spacial score (nSPS) is 15.1. The first-order chi connectivity index (χ1) is 14.5. The van der Waals surface area contributed by atoms with Crippen molar-refractivity contribution in [3.63, 3.8) is 0 Å². The van der Waals surface area contributed by atoms with Gasteiger partial charge in [0.1, 0.15) is 23.1 Å². The zero-order valence-corrected chi connectivity index (χ0v) is 18.9. The average molecular weight is 455 g/mol. The maximum absolute atomic E-state index is 15.0. The number of benzene rings is 2. The van der Waals surface area contributed by atoms with E-state index < -0.39 is 26.4 Å². The van der Waals surface area contributed by atoms with Gasteiger partial charge in [-0.2, -0.15) is 0 Å². The smallest absolute Gasteiger partial charge is 0.238 e. The van der Waals surface area contributed by atoms with Crippen LogP contribution in [0.25, 0.3) is 0 Å². The molecule has 6 nitrogen and oxygen atoms in total. The van der Waals surface area contributed by atoms with Crippen LogP contribution in [0.1, 0.15) is 50.2 Å². The number of aliphatic hydroxyl groups is 1. The number of anilines is 3. The van der Waals surface area contributed by atoms with E-state index in [1.54, 1.807) is 26.8 Å². The third-order valence-electron chi connectivity index (χ3n) is 5.64. The number of nitrogens with one attached hydrogen (secondary N) is 2. The van der Waals surface area contributed by atoms with Gasteiger partial charge in [0.15, 0.2) is 0 Å². The van der Waals surface area contributed by atoms with Crippen LogP contribution in [0, 0.1) is 18.6 Å². The highest BCUT2D eigenvalue weighted by molar-refractivity contribution is 7.94. The van der Waals surface area contributed by atoms with Gasteiger partial charge in [-0.1, -0.05) is 19.9 Å². The first-order valence-corrected chi connectivity index (χ1v) is 11.6. The molecule has 0 aromatic heterocycles. The molecular formula is C22H28F2N2O4S. The van der Waals surface area contributed by atoms with Crippen molar-refractivity contribution in [1.82, 2.24) is 0 Å². The van der Waals surface area contributed by atoms with Crippen molar-refractivity contribution in [2.45, 2.75) is 50.7 Å². The van der Waals surface area contributed by atoms with Crippen LogP contribution in [0.4, 0.5) is 25.8 Å². The minimum atomic E-state index is -3.93. The van der Waals surface area contributed by atoms with Crippen LogP contribution in [0.3, 0.4) is 0 Å². The Morgan fingerprint density at radius 2 is 1.84 bits per heavy atom. The molecule has 1 aliphatic rings. The Bertz CT molecular complexity index is 1080. The van der Waals surface area contributed by atoms with E-state index in [0.717, 1.165) is 6.07 Å². The number of aliphatic hydroxyl groups excluding tert-OH is 1. The number of sulfonamides is 1. The van der Waals surface area contributed by atoms with Gasteiger partial charge in [-0.05, 0) is 49.8 Å². The van der Waals surface area contributed by atoms with Gasteiger partial charge < -0.3 is 15.2 Å². The summed E-state index contributed by atoms with van der Waals surface area (Å²) in [6.07, 6.45) is 0.926. The Balaban J connectivity index is 2.18. The third kappa shape index (κ3) is 4.48. The lowest BCUT2D eigenvalue weighted by atomic mass is 9.98. The van der Waals surface area contributed by atoms with E-state index in [4.69, 9.17) is 4.74 Å². The Labute approximate surface area is 181 Å². The molecule has 0 saturated heterocycles. The quantitative estimate of drug-likeness (QED) is 0.506. The van der Waals surface area contributed by atoms with Gasteiger partial charge in [0.2, 0.25) is 10.0 Å². The molecule has 31 heavy (non-hydrogen) atoms. The highest BCUT2D eigenvalue weighted by Crippen LogP contribution is 2.49. The Morgan fingerprint density at radius 3 is 2.35 bits per heavy atom. The van der Waals surface area contributed by atoms with Gasteiger partial charge in [0.25, 0.3) is 0 Å². The summed E-state index contributed by atoms with van der Waals surface area (Å²) in [6, 6.07) is 5.66. The van der Waals surface area contributed by atoms with Crippen molar-refractivity contribution in [1.29, 1.82) is 0 Å². The molecule has 1 aliphatic carbocycles. The minimum absolute atomic E-state index is 0.0109. The van der Waals surface area contributed by atoms with E-state index in [0.29, 0.717) is 18.4 Å². The molecular weight excluding hydrogens is 426 g/mol. The van der Waals surface area contributed by atoms with Crippen LogP contribution in [0.2, 0.25) is 0 Å². The van der Waals surface area contributed by atoms with Crippen LogP contribution in [0.15, 0.2) is 24.3 Å². The molecule has 3 rings (SSSR count). The first kappa shape index (κ1) is 23.3. The number of aryl methyl sites for hydroxylation is 1. The summed E-state index contributed by atoms with van der Waals surface area (Å²) >= 11 is 0. The van der Waals surface area contributed by atoms with Crippen LogP contribution in [-0.2, 0) is 10.0 Å². The van der Waals surface area contributed by atoms with Gasteiger partial charge in [-0.25, -0.2) is 17.2 Å². The fraction of sp³-hybridized carbons (Fsp3) is 0.455. The molecule has 0 heterocycles. The van der Waals surface area contributed by atoms with Gasteiger partial charge in [-0.3, -0.25) is 4.72 Å². The molecule has 170 valence electrons. The van der Waals surface area contributed by atoms with E-state index >= 15 is 0 Å². The zero-order chi connectivity index (χ0) is 23.0. The first-order valence-electron chi connectivity index (χ1n) is 10.1. The van der Waals surface area contributed by atoms with Crippen molar-refractivity contribution >= 4 is 27.1 Å². The number of ether oxygens (including phenoxy) is 1. The molecule has 1 fully saturated rings. The van der Waals surface area contributed by atoms with Gasteiger partial charge in [0, 0.05) is 18.2 Å². The Hall–Kier alpha value is -2.39. The van der Waals surface area contributed by atoms with Crippen molar-refractivity contribution in [2.75, 3.05) is 23.8 Å². The summed E-state index contributed by atoms with van der Waals surface area (Å²) in [5, 5.41) is 12.2. The lowest BCUT2D eigenvalue weighted by Crippen LogP contribution is -2.31. The summed E-state index contributed by atoms with van der Waals surface area (Å²) in [5.41, 5.74) is 1.10. The monoisotopic (exact) mass is 454 g/mol. The highest BCUT2D eigenvalue weighted by Gasteiger charge is 2.54. The second kappa shape index (κ2) is 8.63. The molecule has 0 aliphatic heterocycles. The minimum Gasteiger partial charge on any atom is -0.494 e. The fourth-order valence-electron chi connectivity index (χ4n) is 3.69. The van der Waals surface area contributed by atoms with Crippen LogP contribution >= 0.6 is 0 Å². The van der Waals surface area contributed by atoms with Crippen molar-refractivity contribution in [3.8, 4) is 5.75 Å². The molecule has 0 bridgehead atoms. The lowest BCUT2D eigenvalue weighted by molar-refractivity contribution is 0.283. The Morgan fingerprint density at radius 1 is 1.16 bits per heavy atom. The second-order valence-corrected chi connectivity index (χ2v) is 10.3. The molecule has 1 saturated carbocycles. The van der Waals surface area contributed by atoms with Crippen molar-refractivity contribution < 1.29 is 27.0 Å². The van der Waals surface area contributed by atoms with E-state index in [1.165, 1.54) is 19.2 Å². The fourth-order valence-corrected chi connectivity index (χ4v) is 5.38. The molecule has 0 atom stereocenters. The molecule has 0 unspecified atom stereocenters. The molecule has 9 heteroatoms. The summed E-state index contributed by atoms with van der Waals surface area (Å²) in [7, 11) is -2.63. The molecule has 3 N–H and O–H groups in total. The number of rotatable bonds is 9. The summed E-state index contributed by atoms with van der Waals surface area (Å²) < 4.78 is 62.6. The largest absolute Gasteiger partial charge is 0.494 e. The summed E-state index contributed by atoms with van der Waals surface area (Å²) in [4.78, 5) is 0. The predicted molar refractivity (Wildman–Crippen MR) is 118 cm³/mol. The SMILES string of the molecule is COc1cc(F)c(C(C)C)c(Nc2ccc(C)cc2F)c1NS(=O)(=O)C1(CCO)CC1. The number of methoxy groups -OCH3 is 1. The van der Waals surface area contributed by atoms with E-state index in [9.17, 15) is 22.3 Å². The second-order valence-electron chi connectivity index (χ2n) is 8.25. The standard InChI is InChI=1S/C22H28F2N2O4S/c1-13(2)19-16(24)12-18(30-4)20(26-31(28,29)22(7-8-22)9-10-27)21(19)25-17-6-5-14(3)11-15(17)23/h5-6,11-13,25-27H,7-10H2,1-4H3. The maximum atomic E-state index is 15.0. The molecule has 2 aromatic carbocycles. The summed E-state index contributed by atoms with van der Waals surface area (Å²) in [6.45, 7) is 4.99. The van der Waals surface area contributed by atoms with Gasteiger partial charge >= 0.3 is 0 Å². The van der Waals surface area contributed by atoms with Gasteiger partial charge in [-0.15, -0.1) is 0 Å². The van der Waals surface area contributed by atoms with Crippen LogP contribution in [0.5, 0.6) is 5.75 Å². The predicted octanol–water partition coefficient (Wildman–Crippen LogP) is 4.81. The molecule has 0 amide bonds. The summed E-state index contributed by atoms with van der Waals surface area (Å²) in [5.74, 6) is -1.51. The van der Waals surface area contributed by atoms with E-state index in [1.807, 2.05) is 0 Å². The zero-order valence-electron chi connectivity index (χ0n) is 18.1. The number of halogens is 2.